The first-order valence-electron chi connectivity index (χ1n) is 6.90. The summed E-state index contributed by atoms with van der Waals surface area (Å²) >= 11 is 0. The van der Waals surface area contributed by atoms with Gasteiger partial charge in [0.1, 0.15) is 0 Å². The van der Waals surface area contributed by atoms with Crippen LogP contribution in [0, 0.1) is 6.92 Å². The van der Waals surface area contributed by atoms with Crippen molar-refractivity contribution in [3.05, 3.63) is 47.7 Å². The lowest BCUT2D eigenvalue weighted by atomic mass is 10.2. The number of benzene rings is 1. The fraction of sp³-hybridized carbons (Fsp3) is 0.467. The quantitative estimate of drug-likeness (QED) is 0.792. The van der Waals surface area contributed by atoms with Crippen molar-refractivity contribution in [2.75, 3.05) is 20.2 Å². The second-order valence-electron chi connectivity index (χ2n) is 5.07. The van der Waals surface area contributed by atoms with Gasteiger partial charge in [0.25, 0.3) is 0 Å². The van der Waals surface area contributed by atoms with Gasteiger partial charge in [-0.2, -0.15) is 0 Å². The van der Waals surface area contributed by atoms with Gasteiger partial charge >= 0.3 is 0 Å². The maximum absolute atomic E-state index is 9.95. The molecule has 2 rings (SSSR count). The lowest BCUT2D eigenvalue weighted by Crippen LogP contribution is -2.32. The van der Waals surface area contributed by atoms with E-state index in [2.05, 4.69) is 10.2 Å². The first-order valence-corrected chi connectivity index (χ1v) is 6.90. The number of nitrogens with zero attached hydrogens (tertiary/aromatic N) is 3. The van der Waals surface area contributed by atoms with E-state index in [0.29, 0.717) is 38.1 Å². The molecule has 6 nitrogen and oxygen atoms in total. The van der Waals surface area contributed by atoms with E-state index in [9.17, 15) is 5.11 Å². The van der Waals surface area contributed by atoms with Crippen LogP contribution in [0.25, 0.3) is 0 Å². The van der Waals surface area contributed by atoms with Crippen molar-refractivity contribution in [1.29, 1.82) is 0 Å². The van der Waals surface area contributed by atoms with Gasteiger partial charge in [0.05, 0.1) is 25.9 Å². The molecule has 2 aromatic rings. The normalized spacial score (nSPS) is 12.8. The third-order valence-corrected chi connectivity index (χ3v) is 2.92. The molecule has 21 heavy (non-hydrogen) atoms. The van der Waals surface area contributed by atoms with Gasteiger partial charge in [0.2, 0.25) is 11.8 Å². The molecule has 0 amide bonds. The van der Waals surface area contributed by atoms with Crippen molar-refractivity contribution in [3.63, 3.8) is 0 Å². The van der Waals surface area contributed by atoms with Crippen LogP contribution in [0.5, 0.6) is 0 Å². The average Bonchev–Trinajstić information content (AvgIpc) is 2.85. The summed E-state index contributed by atoms with van der Waals surface area (Å²) in [6.45, 7) is 3.54. The van der Waals surface area contributed by atoms with Gasteiger partial charge < -0.3 is 14.3 Å². The Kier molecular flexibility index (Phi) is 5.86. The molecule has 1 N–H and O–H groups in total. The van der Waals surface area contributed by atoms with Crippen molar-refractivity contribution in [3.8, 4) is 0 Å². The Morgan fingerprint density at radius 3 is 2.71 bits per heavy atom. The van der Waals surface area contributed by atoms with Crippen LogP contribution in [0.15, 0.2) is 34.7 Å². The molecule has 0 aliphatic heterocycles. The summed E-state index contributed by atoms with van der Waals surface area (Å²) in [5, 5.41) is 17.6. The van der Waals surface area contributed by atoms with Gasteiger partial charge in [-0.05, 0) is 12.6 Å². The minimum atomic E-state index is -0.553. The summed E-state index contributed by atoms with van der Waals surface area (Å²) in [4.78, 5) is 1.92. The van der Waals surface area contributed by atoms with Gasteiger partial charge in [-0.1, -0.05) is 30.3 Å². The summed E-state index contributed by atoms with van der Waals surface area (Å²) < 4.78 is 10.8. The van der Waals surface area contributed by atoms with E-state index in [0.717, 1.165) is 5.56 Å². The van der Waals surface area contributed by atoms with E-state index in [1.165, 1.54) is 0 Å². The van der Waals surface area contributed by atoms with E-state index < -0.39 is 6.10 Å². The molecule has 0 bridgehead atoms. The molecule has 6 heteroatoms. The smallest absolute Gasteiger partial charge is 0.230 e. The molecule has 0 unspecified atom stereocenters. The standard InChI is InChI=1S/C15H21N3O3/c1-12-16-17-15(21-12)9-18(2)8-14(19)11-20-10-13-6-4-3-5-7-13/h3-7,14,19H,8-11H2,1-2H3/t14-/m1/s1. The summed E-state index contributed by atoms with van der Waals surface area (Å²) in [5.41, 5.74) is 1.10. The van der Waals surface area contributed by atoms with Gasteiger partial charge in [-0.25, -0.2) is 0 Å². The molecule has 0 fully saturated rings. The number of aliphatic hydroxyl groups excluding tert-OH is 1. The molecule has 0 radical (unpaired) electrons. The molecular weight excluding hydrogens is 270 g/mol. The molecular formula is C15H21N3O3. The highest BCUT2D eigenvalue weighted by Gasteiger charge is 2.11. The van der Waals surface area contributed by atoms with Crippen molar-refractivity contribution >= 4 is 0 Å². The predicted molar refractivity (Wildman–Crippen MR) is 77.5 cm³/mol. The fourth-order valence-electron chi connectivity index (χ4n) is 2.00. The zero-order chi connectivity index (χ0) is 15.1. The van der Waals surface area contributed by atoms with Gasteiger partial charge in [0.15, 0.2) is 0 Å². The van der Waals surface area contributed by atoms with Crippen molar-refractivity contribution in [1.82, 2.24) is 15.1 Å². The average molecular weight is 291 g/mol. The number of rotatable bonds is 8. The van der Waals surface area contributed by atoms with Crippen LogP contribution in [-0.4, -0.2) is 46.5 Å². The van der Waals surface area contributed by atoms with Gasteiger partial charge in [-0.15, -0.1) is 10.2 Å². The first kappa shape index (κ1) is 15.6. The highest BCUT2D eigenvalue weighted by molar-refractivity contribution is 5.13. The van der Waals surface area contributed by atoms with Gasteiger partial charge in [-0.3, -0.25) is 4.90 Å². The highest BCUT2D eigenvalue weighted by Crippen LogP contribution is 2.04. The number of aliphatic hydroxyl groups is 1. The summed E-state index contributed by atoms with van der Waals surface area (Å²) in [5.74, 6) is 1.09. The predicted octanol–water partition coefficient (Wildman–Crippen LogP) is 1.39. The molecule has 0 saturated heterocycles. The van der Waals surface area contributed by atoms with Crippen LogP contribution in [-0.2, 0) is 17.9 Å². The van der Waals surface area contributed by atoms with Crippen LogP contribution < -0.4 is 0 Å². The SMILES string of the molecule is Cc1nnc(CN(C)C[C@@H](O)COCc2ccccc2)o1. The highest BCUT2D eigenvalue weighted by atomic mass is 16.5. The van der Waals surface area contributed by atoms with E-state index in [4.69, 9.17) is 9.15 Å². The second-order valence-corrected chi connectivity index (χ2v) is 5.07. The summed E-state index contributed by atoms with van der Waals surface area (Å²) in [6.07, 6.45) is -0.553. The van der Waals surface area contributed by atoms with Crippen LogP contribution in [0.2, 0.25) is 0 Å². The van der Waals surface area contributed by atoms with Crippen LogP contribution >= 0.6 is 0 Å². The molecule has 0 saturated carbocycles. The molecule has 0 spiro atoms. The van der Waals surface area contributed by atoms with Crippen LogP contribution in [0.1, 0.15) is 17.3 Å². The monoisotopic (exact) mass is 291 g/mol. The topological polar surface area (TPSA) is 71.6 Å². The lowest BCUT2D eigenvalue weighted by Gasteiger charge is -2.18. The second kappa shape index (κ2) is 7.87. The van der Waals surface area contributed by atoms with E-state index >= 15 is 0 Å². The number of hydrogen-bond donors (Lipinski definition) is 1. The van der Waals surface area contributed by atoms with Crippen molar-refractivity contribution in [2.24, 2.45) is 0 Å². The molecule has 1 heterocycles. The maximum atomic E-state index is 9.95. The summed E-state index contributed by atoms with van der Waals surface area (Å²) in [6, 6.07) is 9.89. The van der Waals surface area contributed by atoms with Crippen molar-refractivity contribution < 1.29 is 14.3 Å². The Bertz CT molecular complexity index is 530. The minimum absolute atomic E-state index is 0.294. The van der Waals surface area contributed by atoms with Crippen molar-refractivity contribution in [2.45, 2.75) is 26.2 Å². The van der Waals surface area contributed by atoms with Crippen LogP contribution in [0.4, 0.5) is 0 Å². The Labute approximate surface area is 124 Å². The Morgan fingerprint density at radius 1 is 1.29 bits per heavy atom. The van der Waals surface area contributed by atoms with E-state index in [1.54, 1.807) is 6.92 Å². The third kappa shape index (κ3) is 5.63. The molecule has 0 aliphatic carbocycles. The molecule has 0 aliphatic rings. The number of likely N-dealkylation sites (N-methyl/N-ethyl adjacent to an activating group) is 1. The maximum Gasteiger partial charge on any atom is 0.230 e. The van der Waals surface area contributed by atoms with E-state index in [1.807, 2.05) is 42.3 Å². The number of ether oxygens (including phenoxy) is 1. The molecule has 1 aromatic carbocycles. The third-order valence-electron chi connectivity index (χ3n) is 2.92. The molecule has 114 valence electrons. The number of hydrogen-bond acceptors (Lipinski definition) is 6. The van der Waals surface area contributed by atoms with Crippen LogP contribution in [0.3, 0.4) is 0 Å². The molecule has 1 atom stereocenters. The minimum Gasteiger partial charge on any atom is -0.424 e. The van der Waals surface area contributed by atoms with Gasteiger partial charge in [0, 0.05) is 13.5 Å². The fourth-order valence-corrected chi connectivity index (χ4v) is 2.00. The largest absolute Gasteiger partial charge is 0.424 e. The number of aromatic nitrogens is 2. The summed E-state index contributed by atoms with van der Waals surface area (Å²) in [7, 11) is 1.89. The number of aryl methyl sites for hydroxylation is 1. The van der Waals surface area contributed by atoms with E-state index in [-0.39, 0.29) is 0 Å². The Hall–Kier alpha value is -1.76. The first-order chi connectivity index (χ1) is 10.1. The zero-order valence-corrected chi connectivity index (χ0v) is 12.4. The zero-order valence-electron chi connectivity index (χ0n) is 12.4. The lowest BCUT2D eigenvalue weighted by molar-refractivity contribution is 0.0117. The molecule has 1 aromatic heterocycles. The Morgan fingerprint density at radius 2 is 2.05 bits per heavy atom. The Balaban J connectivity index is 1.65.